The summed E-state index contributed by atoms with van der Waals surface area (Å²) in [5.74, 6) is 1.08. The van der Waals surface area contributed by atoms with Gasteiger partial charge in [0.2, 0.25) is 0 Å². The summed E-state index contributed by atoms with van der Waals surface area (Å²) in [7, 11) is 0. The Morgan fingerprint density at radius 3 is 2.60 bits per heavy atom. The normalized spacial score (nSPS) is 17.4. The van der Waals surface area contributed by atoms with Gasteiger partial charge in [0.1, 0.15) is 5.54 Å². The zero-order chi connectivity index (χ0) is 14.4. The molecule has 0 bridgehead atoms. The van der Waals surface area contributed by atoms with Gasteiger partial charge < -0.3 is 0 Å². The smallest absolute Gasteiger partial charge is 0.106 e. The van der Waals surface area contributed by atoms with E-state index < -0.39 is 0 Å². The van der Waals surface area contributed by atoms with Crippen LogP contribution in [0.25, 0.3) is 0 Å². The molecule has 0 aliphatic heterocycles. The maximum Gasteiger partial charge on any atom is 0.106 e. The largest absolute Gasteiger partial charge is 0.297 e. The molecular weight excluding hydrogens is 264 g/mol. The second kappa shape index (κ2) is 7.15. The van der Waals surface area contributed by atoms with Gasteiger partial charge in [-0.05, 0) is 56.9 Å². The Hall–Kier alpha value is -0.980. The van der Waals surface area contributed by atoms with Crippen LogP contribution in [0.3, 0.4) is 0 Å². The highest BCUT2D eigenvalue weighted by atomic mass is 32.2. The van der Waals surface area contributed by atoms with Crippen molar-refractivity contribution in [2.75, 3.05) is 5.75 Å². The summed E-state index contributed by atoms with van der Waals surface area (Å²) in [6.45, 7) is 4.23. The van der Waals surface area contributed by atoms with E-state index in [0.717, 1.165) is 25.0 Å². The van der Waals surface area contributed by atoms with Gasteiger partial charge in [-0.1, -0.05) is 24.6 Å². The second-order valence-corrected chi connectivity index (χ2v) is 6.90. The van der Waals surface area contributed by atoms with E-state index in [9.17, 15) is 5.26 Å². The summed E-state index contributed by atoms with van der Waals surface area (Å²) in [5, 5.41) is 13.0. The molecule has 1 aromatic rings. The van der Waals surface area contributed by atoms with Crippen molar-refractivity contribution in [3.63, 3.8) is 0 Å². The Balaban J connectivity index is 1.75. The number of nitrogens with zero attached hydrogens (tertiary/aromatic N) is 1. The first-order valence-corrected chi connectivity index (χ1v) is 8.54. The van der Waals surface area contributed by atoms with E-state index in [-0.39, 0.29) is 5.54 Å². The maximum atomic E-state index is 9.48. The van der Waals surface area contributed by atoms with E-state index in [1.165, 1.54) is 23.3 Å². The number of rotatable bonds is 8. The summed E-state index contributed by atoms with van der Waals surface area (Å²) in [6.07, 6.45) is 5.41. The van der Waals surface area contributed by atoms with E-state index in [4.69, 9.17) is 0 Å². The van der Waals surface area contributed by atoms with E-state index in [2.05, 4.69) is 49.5 Å². The zero-order valence-corrected chi connectivity index (χ0v) is 13.3. The molecule has 3 heteroatoms. The molecule has 0 aromatic heterocycles. The number of benzene rings is 1. The highest BCUT2D eigenvalue weighted by Gasteiger charge is 2.34. The maximum absolute atomic E-state index is 9.48. The van der Waals surface area contributed by atoms with Gasteiger partial charge >= 0.3 is 0 Å². The van der Waals surface area contributed by atoms with Crippen molar-refractivity contribution >= 4 is 11.8 Å². The molecule has 1 saturated carbocycles. The van der Waals surface area contributed by atoms with Crippen LogP contribution in [-0.4, -0.2) is 17.3 Å². The molecule has 0 amide bonds. The van der Waals surface area contributed by atoms with Gasteiger partial charge in [0.25, 0.3) is 0 Å². The standard InChI is InChI=1S/C17H24N2S/c1-3-17(13-18,19-15-7-8-15)11-4-12-20-16-9-5-14(2)6-10-16/h5-6,9-10,15,19H,3-4,7-8,11-12H2,1-2H3. The molecule has 0 radical (unpaired) electrons. The number of hydrogen-bond donors (Lipinski definition) is 1. The first kappa shape index (κ1) is 15.4. The lowest BCUT2D eigenvalue weighted by Gasteiger charge is -2.26. The molecule has 1 aliphatic carbocycles. The number of hydrogen-bond acceptors (Lipinski definition) is 3. The number of aryl methyl sites for hydroxylation is 1. The summed E-state index contributed by atoms with van der Waals surface area (Å²) < 4.78 is 0. The minimum Gasteiger partial charge on any atom is -0.297 e. The van der Waals surface area contributed by atoms with Gasteiger partial charge in [0.05, 0.1) is 6.07 Å². The van der Waals surface area contributed by atoms with Crippen LogP contribution >= 0.6 is 11.8 Å². The zero-order valence-electron chi connectivity index (χ0n) is 12.5. The lowest BCUT2D eigenvalue weighted by molar-refractivity contribution is 0.367. The van der Waals surface area contributed by atoms with Crippen molar-refractivity contribution in [2.24, 2.45) is 0 Å². The van der Waals surface area contributed by atoms with Gasteiger partial charge in [-0.25, -0.2) is 0 Å². The summed E-state index contributed by atoms with van der Waals surface area (Å²) in [4.78, 5) is 1.32. The van der Waals surface area contributed by atoms with Gasteiger partial charge in [-0.3, -0.25) is 5.32 Å². The number of nitriles is 1. The molecule has 108 valence electrons. The molecule has 2 rings (SSSR count). The van der Waals surface area contributed by atoms with Crippen molar-refractivity contribution in [1.82, 2.24) is 5.32 Å². The van der Waals surface area contributed by atoms with Gasteiger partial charge in [-0.2, -0.15) is 5.26 Å². The van der Waals surface area contributed by atoms with Crippen molar-refractivity contribution in [3.8, 4) is 6.07 Å². The fourth-order valence-corrected chi connectivity index (χ4v) is 3.19. The van der Waals surface area contributed by atoms with Crippen LogP contribution in [0.15, 0.2) is 29.2 Å². The van der Waals surface area contributed by atoms with Crippen LogP contribution in [0.4, 0.5) is 0 Å². The number of nitrogens with one attached hydrogen (secondary N) is 1. The molecule has 0 heterocycles. The van der Waals surface area contributed by atoms with E-state index in [1.54, 1.807) is 0 Å². The number of thioether (sulfide) groups is 1. The predicted molar refractivity (Wildman–Crippen MR) is 85.9 cm³/mol. The third kappa shape index (κ3) is 4.54. The molecule has 20 heavy (non-hydrogen) atoms. The first-order valence-electron chi connectivity index (χ1n) is 7.56. The summed E-state index contributed by atoms with van der Waals surface area (Å²) >= 11 is 1.89. The molecule has 1 atom stereocenters. The molecule has 0 spiro atoms. The molecule has 1 N–H and O–H groups in total. The predicted octanol–water partition coefficient (Wildman–Crippen LogP) is 4.29. The van der Waals surface area contributed by atoms with Crippen molar-refractivity contribution in [1.29, 1.82) is 5.26 Å². The lowest BCUT2D eigenvalue weighted by Crippen LogP contribution is -2.44. The average Bonchev–Trinajstić information content (AvgIpc) is 3.28. The first-order chi connectivity index (χ1) is 9.67. The third-order valence-corrected chi connectivity index (χ3v) is 5.01. The van der Waals surface area contributed by atoms with Crippen LogP contribution in [-0.2, 0) is 0 Å². The molecule has 1 aliphatic rings. The Labute approximate surface area is 127 Å². The lowest BCUT2D eigenvalue weighted by atomic mass is 9.92. The Morgan fingerprint density at radius 1 is 1.35 bits per heavy atom. The van der Waals surface area contributed by atoms with Crippen molar-refractivity contribution in [2.45, 2.75) is 62.4 Å². The fraction of sp³-hybridized carbons (Fsp3) is 0.588. The topological polar surface area (TPSA) is 35.8 Å². The summed E-state index contributed by atoms with van der Waals surface area (Å²) in [6, 6.07) is 11.8. The molecule has 1 fully saturated rings. The van der Waals surface area contributed by atoms with E-state index >= 15 is 0 Å². The monoisotopic (exact) mass is 288 g/mol. The Morgan fingerprint density at radius 2 is 2.05 bits per heavy atom. The Bertz CT molecular complexity index is 459. The molecule has 1 unspecified atom stereocenters. The summed E-state index contributed by atoms with van der Waals surface area (Å²) in [5.41, 5.74) is 1.01. The average molecular weight is 288 g/mol. The van der Waals surface area contributed by atoms with E-state index in [0.29, 0.717) is 6.04 Å². The third-order valence-electron chi connectivity index (χ3n) is 3.91. The van der Waals surface area contributed by atoms with E-state index in [1.807, 2.05) is 11.8 Å². The molecule has 1 aromatic carbocycles. The Kier molecular flexibility index (Phi) is 5.51. The van der Waals surface area contributed by atoms with Crippen molar-refractivity contribution < 1.29 is 0 Å². The van der Waals surface area contributed by atoms with Crippen molar-refractivity contribution in [3.05, 3.63) is 29.8 Å². The quantitative estimate of drug-likeness (QED) is 0.572. The SMILES string of the molecule is CCC(C#N)(CCCSc1ccc(C)cc1)NC1CC1. The van der Waals surface area contributed by atoms with Gasteiger partial charge in [0, 0.05) is 10.9 Å². The van der Waals surface area contributed by atoms with Gasteiger partial charge in [-0.15, -0.1) is 11.8 Å². The van der Waals surface area contributed by atoms with Gasteiger partial charge in [0.15, 0.2) is 0 Å². The molecule has 0 saturated heterocycles. The van der Waals surface area contributed by atoms with Crippen LogP contribution in [0, 0.1) is 18.3 Å². The molecular formula is C17H24N2S. The minimum atomic E-state index is -0.297. The minimum absolute atomic E-state index is 0.297. The molecule has 2 nitrogen and oxygen atoms in total. The van der Waals surface area contributed by atoms with Crippen LogP contribution in [0.1, 0.15) is 44.6 Å². The van der Waals surface area contributed by atoms with Crippen LogP contribution in [0.2, 0.25) is 0 Å². The fourth-order valence-electron chi connectivity index (χ4n) is 2.34. The second-order valence-electron chi connectivity index (χ2n) is 5.73. The van der Waals surface area contributed by atoms with Crippen LogP contribution in [0.5, 0.6) is 0 Å². The highest BCUT2D eigenvalue weighted by Crippen LogP contribution is 2.28. The highest BCUT2D eigenvalue weighted by molar-refractivity contribution is 7.99. The van der Waals surface area contributed by atoms with Crippen LogP contribution < -0.4 is 5.32 Å².